The second-order valence-electron chi connectivity index (χ2n) is 6.68. The Hall–Kier alpha value is -4.16. The predicted molar refractivity (Wildman–Crippen MR) is 102 cm³/mol. The molecule has 13 heteroatoms. The van der Waals surface area contributed by atoms with E-state index in [1.165, 1.54) is 36.4 Å². The van der Waals surface area contributed by atoms with Crippen LogP contribution in [0.3, 0.4) is 0 Å². The third kappa shape index (κ3) is 3.57. The van der Waals surface area contributed by atoms with Gasteiger partial charge in [-0.15, -0.1) is 5.10 Å². The average Bonchev–Trinajstić information content (AvgIpc) is 3.18. The largest absolute Gasteiger partial charge is 0.500 e. The van der Waals surface area contributed by atoms with Crippen molar-refractivity contribution in [1.82, 2.24) is 14.8 Å². The highest BCUT2D eigenvalue weighted by atomic mass is 19.4. The number of anilines is 1. The van der Waals surface area contributed by atoms with Gasteiger partial charge < -0.3 is 15.2 Å². The summed E-state index contributed by atoms with van der Waals surface area (Å²) in [6, 6.07) is 6.57. The zero-order valence-corrected chi connectivity index (χ0v) is 16.1. The first-order chi connectivity index (χ1) is 15.1. The van der Waals surface area contributed by atoms with Crippen LogP contribution in [0.2, 0.25) is 0 Å². The summed E-state index contributed by atoms with van der Waals surface area (Å²) >= 11 is 0. The minimum absolute atomic E-state index is 0.0422. The van der Waals surface area contributed by atoms with Gasteiger partial charge >= 0.3 is 11.9 Å². The summed E-state index contributed by atoms with van der Waals surface area (Å²) in [6.07, 6.45) is -3.52. The summed E-state index contributed by atoms with van der Waals surface area (Å²) in [5.41, 5.74) is -0.546. The Morgan fingerprint density at radius 2 is 2.00 bits per heavy atom. The smallest absolute Gasteiger partial charge is 0.453 e. The SMILES string of the molecule is COc1cc([C@@H]2C=C(c3ccccc3F)Nc3nc(C(F)(F)F)nn32)cc([N+](=O)[O-])c1O. The first-order valence-corrected chi connectivity index (χ1v) is 8.93. The second kappa shape index (κ2) is 7.51. The van der Waals surface area contributed by atoms with Crippen LogP contribution >= 0.6 is 0 Å². The van der Waals surface area contributed by atoms with Crippen molar-refractivity contribution < 1.29 is 32.3 Å². The van der Waals surface area contributed by atoms with Crippen molar-refractivity contribution in [2.24, 2.45) is 0 Å². The number of phenolic OH excluding ortho intramolecular Hbond substituents is 1. The average molecular weight is 451 g/mol. The Bertz CT molecular complexity index is 1260. The van der Waals surface area contributed by atoms with Gasteiger partial charge in [-0.2, -0.15) is 18.2 Å². The molecule has 3 aromatic rings. The topological polar surface area (TPSA) is 115 Å². The molecular formula is C19H13F4N5O4. The van der Waals surface area contributed by atoms with Gasteiger partial charge in [0.25, 0.3) is 5.82 Å². The molecule has 0 fully saturated rings. The maximum atomic E-state index is 14.4. The number of methoxy groups -OCH3 is 1. The number of halogens is 4. The van der Waals surface area contributed by atoms with Crippen LogP contribution in [0.15, 0.2) is 42.5 Å². The van der Waals surface area contributed by atoms with Crippen molar-refractivity contribution in [2.45, 2.75) is 12.2 Å². The number of ether oxygens (including phenoxy) is 1. The molecule has 1 aliphatic rings. The van der Waals surface area contributed by atoms with Crippen LogP contribution in [0.5, 0.6) is 11.5 Å². The maximum absolute atomic E-state index is 14.4. The van der Waals surface area contributed by atoms with Crippen molar-refractivity contribution >= 4 is 17.3 Å². The van der Waals surface area contributed by atoms with Crippen LogP contribution in [0.4, 0.5) is 29.2 Å². The van der Waals surface area contributed by atoms with E-state index >= 15 is 0 Å². The van der Waals surface area contributed by atoms with Crippen molar-refractivity contribution in [3.63, 3.8) is 0 Å². The molecule has 0 spiro atoms. The van der Waals surface area contributed by atoms with Crippen molar-refractivity contribution in [2.75, 3.05) is 12.4 Å². The highest BCUT2D eigenvalue weighted by molar-refractivity contribution is 5.77. The summed E-state index contributed by atoms with van der Waals surface area (Å²) in [5, 5.41) is 27.5. The molecule has 0 radical (unpaired) electrons. The van der Waals surface area contributed by atoms with E-state index in [0.717, 1.165) is 17.9 Å². The summed E-state index contributed by atoms with van der Waals surface area (Å²) in [4.78, 5) is 14.0. The highest BCUT2D eigenvalue weighted by Gasteiger charge is 2.39. The molecule has 2 heterocycles. The zero-order valence-electron chi connectivity index (χ0n) is 16.1. The van der Waals surface area contributed by atoms with Crippen molar-refractivity contribution in [1.29, 1.82) is 0 Å². The lowest BCUT2D eigenvalue weighted by Crippen LogP contribution is -2.21. The number of phenols is 1. The fourth-order valence-electron chi connectivity index (χ4n) is 3.27. The molecule has 1 aliphatic heterocycles. The third-order valence-corrected chi connectivity index (χ3v) is 4.72. The fourth-order valence-corrected chi connectivity index (χ4v) is 3.27. The molecule has 0 unspecified atom stereocenters. The fraction of sp³-hybridized carbons (Fsp3) is 0.158. The van der Waals surface area contributed by atoms with E-state index in [1.807, 2.05) is 0 Å². The molecule has 0 bridgehead atoms. The van der Waals surface area contributed by atoms with Gasteiger partial charge in [-0.1, -0.05) is 12.1 Å². The number of fused-ring (bicyclic) bond motifs is 1. The number of aromatic hydroxyl groups is 1. The van der Waals surface area contributed by atoms with Crippen molar-refractivity contribution in [3.8, 4) is 11.5 Å². The van der Waals surface area contributed by atoms with E-state index in [2.05, 4.69) is 15.4 Å². The standard InChI is InChI=1S/C19H13F4N5O4/c1-32-15-7-9(6-14(16(15)29)28(30)31)13-8-12(10-4-2-3-5-11(10)20)24-18-25-17(19(21,22)23)26-27(13)18/h2-8,13,29H,1H3,(H,24,25,26)/t13-/m0/s1. The van der Waals surface area contributed by atoms with E-state index < -0.39 is 40.2 Å². The maximum Gasteiger partial charge on any atom is 0.453 e. The molecule has 2 N–H and O–H groups in total. The number of hydrogen-bond acceptors (Lipinski definition) is 7. The summed E-state index contributed by atoms with van der Waals surface area (Å²) in [7, 11) is 1.16. The third-order valence-electron chi connectivity index (χ3n) is 4.72. The normalized spacial score (nSPS) is 15.5. The van der Waals surface area contributed by atoms with Gasteiger partial charge in [-0.3, -0.25) is 10.1 Å². The number of hydrogen-bond donors (Lipinski definition) is 2. The number of benzene rings is 2. The summed E-state index contributed by atoms with van der Waals surface area (Å²) in [6.45, 7) is 0. The number of aromatic nitrogens is 3. The molecule has 1 atom stereocenters. The van der Waals surface area contributed by atoms with Gasteiger partial charge in [-0.05, 0) is 29.8 Å². The number of nitrogens with zero attached hydrogens (tertiary/aromatic N) is 4. The Morgan fingerprint density at radius 3 is 2.62 bits per heavy atom. The van der Waals surface area contributed by atoms with Crippen LogP contribution in [0.1, 0.15) is 23.0 Å². The molecule has 0 saturated carbocycles. The first-order valence-electron chi connectivity index (χ1n) is 8.93. The zero-order chi connectivity index (χ0) is 23.2. The lowest BCUT2D eigenvalue weighted by molar-refractivity contribution is -0.386. The van der Waals surface area contributed by atoms with E-state index in [4.69, 9.17) is 4.74 Å². The van der Waals surface area contributed by atoms with Crippen LogP contribution in [-0.2, 0) is 6.18 Å². The van der Waals surface area contributed by atoms with Crippen LogP contribution in [0.25, 0.3) is 5.70 Å². The lowest BCUT2D eigenvalue weighted by Gasteiger charge is -2.24. The second-order valence-corrected chi connectivity index (χ2v) is 6.68. The molecule has 9 nitrogen and oxygen atoms in total. The molecule has 166 valence electrons. The molecule has 2 aromatic carbocycles. The highest BCUT2D eigenvalue weighted by Crippen LogP contribution is 2.42. The summed E-state index contributed by atoms with van der Waals surface area (Å²) < 4.78 is 59.9. The van der Waals surface area contributed by atoms with Crippen molar-refractivity contribution in [3.05, 3.63) is 75.4 Å². The molecule has 0 aliphatic carbocycles. The van der Waals surface area contributed by atoms with Crippen LogP contribution in [0, 0.1) is 15.9 Å². The number of nitrogens with one attached hydrogen (secondary N) is 1. The van der Waals surface area contributed by atoms with Gasteiger partial charge in [0.05, 0.1) is 12.0 Å². The molecule has 1 aromatic heterocycles. The monoisotopic (exact) mass is 451 g/mol. The van der Waals surface area contributed by atoms with Gasteiger partial charge in [0.15, 0.2) is 5.75 Å². The summed E-state index contributed by atoms with van der Waals surface area (Å²) in [5.74, 6) is -3.47. The van der Waals surface area contributed by atoms with Gasteiger partial charge in [0, 0.05) is 17.3 Å². The Balaban J connectivity index is 1.95. The molecule has 0 saturated heterocycles. The van der Waals surface area contributed by atoms with Crippen LogP contribution in [-0.4, -0.2) is 31.9 Å². The first kappa shape index (κ1) is 21.1. The number of alkyl halides is 3. The van der Waals surface area contributed by atoms with E-state index in [1.54, 1.807) is 0 Å². The minimum atomic E-state index is -4.87. The molecular weight excluding hydrogens is 438 g/mol. The number of allylic oxidation sites excluding steroid dienone is 1. The van der Waals surface area contributed by atoms with E-state index in [0.29, 0.717) is 0 Å². The Morgan fingerprint density at radius 1 is 1.28 bits per heavy atom. The molecule has 32 heavy (non-hydrogen) atoms. The van der Waals surface area contributed by atoms with E-state index in [-0.39, 0.29) is 28.5 Å². The predicted octanol–water partition coefficient (Wildman–Crippen LogP) is 4.11. The molecule has 4 rings (SSSR count). The van der Waals surface area contributed by atoms with Crippen LogP contribution < -0.4 is 10.1 Å². The lowest BCUT2D eigenvalue weighted by atomic mass is 10.0. The quantitative estimate of drug-likeness (QED) is 0.348. The van der Waals surface area contributed by atoms with Gasteiger partial charge in [0.1, 0.15) is 11.9 Å². The minimum Gasteiger partial charge on any atom is -0.500 e. The molecule has 0 amide bonds. The van der Waals surface area contributed by atoms with Gasteiger partial charge in [0.2, 0.25) is 11.7 Å². The number of nitro benzene ring substituents is 1. The van der Waals surface area contributed by atoms with E-state index in [9.17, 15) is 32.8 Å². The number of rotatable bonds is 4. The number of nitro groups is 1. The van der Waals surface area contributed by atoms with Gasteiger partial charge in [-0.25, -0.2) is 9.07 Å². The Labute approximate surface area is 176 Å². The Kier molecular flexibility index (Phi) is 4.95.